The lowest BCUT2D eigenvalue weighted by Crippen LogP contribution is -2.20. The molecule has 0 saturated carbocycles. The van der Waals surface area contributed by atoms with Crippen molar-refractivity contribution in [3.05, 3.63) is 29.9 Å². The van der Waals surface area contributed by atoms with Crippen LogP contribution in [0.25, 0.3) is 11.1 Å². The van der Waals surface area contributed by atoms with Crippen molar-refractivity contribution >= 4 is 20.9 Å². The zero-order chi connectivity index (χ0) is 17.5. The highest BCUT2D eigenvalue weighted by Crippen LogP contribution is 2.23. The van der Waals surface area contributed by atoms with E-state index in [4.69, 9.17) is 4.42 Å². The minimum atomic E-state index is -3.28. The van der Waals surface area contributed by atoms with Crippen molar-refractivity contribution < 1.29 is 12.8 Å². The van der Waals surface area contributed by atoms with Crippen LogP contribution in [0.1, 0.15) is 39.4 Å². The number of oxazole rings is 1. The van der Waals surface area contributed by atoms with Gasteiger partial charge >= 0.3 is 0 Å². The summed E-state index contributed by atoms with van der Waals surface area (Å²) in [6, 6.07) is 4.69. The molecule has 0 aliphatic carbocycles. The first kappa shape index (κ1) is 16.6. The van der Waals surface area contributed by atoms with E-state index in [0.717, 1.165) is 5.82 Å². The number of sulfone groups is 1. The van der Waals surface area contributed by atoms with Crippen LogP contribution in [0, 0.1) is 0 Å². The SMILES string of the molecule is CCS(=O)(=O)c1ccc2oc(Cn3nnnc3C(C)(C)C)nc2c1. The van der Waals surface area contributed by atoms with Gasteiger partial charge in [0.15, 0.2) is 21.2 Å². The molecule has 0 bridgehead atoms. The van der Waals surface area contributed by atoms with Gasteiger partial charge in [0.1, 0.15) is 12.1 Å². The molecule has 0 spiro atoms. The Morgan fingerprint density at radius 1 is 1.25 bits per heavy atom. The molecule has 2 heterocycles. The molecule has 24 heavy (non-hydrogen) atoms. The van der Waals surface area contributed by atoms with E-state index >= 15 is 0 Å². The van der Waals surface area contributed by atoms with Crippen LogP contribution >= 0.6 is 0 Å². The second-order valence-corrected chi connectivity index (χ2v) is 8.83. The summed E-state index contributed by atoms with van der Waals surface area (Å²) in [7, 11) is -3.28. The number of nitrogens with zero attached hydrogens (tertiary/aromatic N) is 5. The third-order valence-electron chi connectivity index (χ3n) is 3.63. The molecule has 0 aliphatic rings. The first-order valence-corrected chi connectivity index (χ1v) is 9.25. The first-order valence-electron chi connectivity index (χ1n) is 7.59. The van der Waals surface area contributed by atoms with Gasteiger partial charge < -0.3 is 4.42 Å². The molecule has 0 unspecified atom stereocenters. The summed E-state index contributed by atoms with van der Waals surface area (Å²) in [6.07, 6.45) is 0. The molecule has 3 rings (SSSR count). The maximum atomic E-state index is 12.0. The summed E-state index contributed by atoms with van der Waals surface area (Å²) in [5.74, 6) is 1.19. The summed E-state index contributed by atoms with van der Waals surface area (Å²) >= 11 is 0. The van der Waals surface area contributed by atoms with Crippen molar-refractivity contribution in [2.24, 2.45) is 0 Å². The topological polar surface area (TPSA) is 104 Å². The van der Waals surface area contributed by atoms with E-state index in [9.17, 15) is 8.42 Å². The third-order valence-corrected chi connectivity index (χ3v) is 5.36. The van der Waals surface area contributed by atoms with Crippen LogP contribution in [0.3, 0.4) is 0 Å². The molecule has 3 aromatic rings. The highest BCUT2D eigenvalue weighted by Gasteiger charge is 2.23. The second-order valence-electron chi connectivity index (χ2n) is 6.55. The number of benzene rings is 1. The van der Waals surface area contributed by atoms with Gasteiger partial charge in [-0.1, -0.05) is 27.7 Å². The molecular formula is C15H19N5O3S. The van der Waals surface area contributed by atoms with Gasteiger partial charge in [0.2, 0.25) is 5.89 Å². The zero-order valence-corrected chi connectivity index (χ0v) is 14.8. The largest absolute Gasteiger partial charge is 0.439 e. The Balaban J connectivity index is 1.96. The quantitative estimate of drug-likeness (QED) is 0.709. The van der Waals surface area contributed by atoms with E-state index < -0.39 is 9.84 Å². The molecule has 2 aromatic heterocycles. The standard InChI is InChI=1S/C15H19N5O3S/c1-5-24(21,22)10-6-7-12-11(8-10)16-13(23-12)9-20-14(15(2,3)4)17-18-19-20/h6-8H,5,9H2,1-4H3. The van der Waals surface area contributed by atoms with Crippen molar-refractivity contribution in [2.75, 3.05) is 5.75 Å². The summed E-state index contributed by atoms with van der Waals surface area (Å²) < 4.78 is 31.3. The molecule has 1 aromatic carbocycles. The van der Waals surface area contributed by atoms with Gasteiger partial charge in [0.25, 0.3) is 0 Å². The van der Waals surface area contributed by atoms with Gasteiger partial charge in [-0.15, -0.1) is 5.10 Å². The molecule has 0 N–H and O–H groups in total. The molecular weight excluding hydrogens is 330 g/mol. The third kappa shape index (κ3) is 3.03. The fraction of sp³-hybridized carbons (Fsp3) is 0.467. The van der Waals surface area contributed by atoms with Gasteiger partial charge in [0, 0.05) is 5.41 Å². The van der Waals surface area contributed by atoms with Crippen molar-refractivity contribution in [2.45, 2.75) is 44.6 Å². The number of hydrogen-bond acceptors (Lipinski definition) is 7. The molecule has 0 atom stereocenters. The van der Waals surface area contributed by atoms with Crippen molar-refractivity contribution in [3.8, 4) is 0 Å². The minimum absolute atomic E-state index is 0.0444. The maximum Gasteiger partial charge on any atom is 0.217 e. The molecule has 0 amide bonds. The molecule has 8 nitrogen and oxygen atoms in total. The zero-order valence-electron chi connectivity index (χ0n) is 14.0. The van der Waals surface area contributed by atoms with Crippen molar-refractivity contribution in [1.82, 2.24) is 25.2 Å². The van der Waals surface area contributed by atoms with Crippen molar-refractivity contribution in [1.29, 1.82) is 0 Å². The van der Waals surface area contributed by atoms with Crippen LogP contribution in [0.2, 0.25) is 0 Å². The average Bonchev–Trinajstić information content (AvgIpc) is 3.12. The van der Waals surface area contributed by atoms with Gasteiger partial charge in [0.05, 0.1) is 10.6 Å². The van der Waals surface area contributed by atoms with Crippen LogP contribution in [-0.2, 0) is 21.8 Å². The van der Waals surface area contributed by atoms with Crippen LogP contribution in [-0.4, -0.2) is 39.4 Å². The van der Waals surface area contributed by atoms with Gasteiger partial charge in [-0.25, -0.2) is 18.1 Å². The molecule has 0 aliphatic heterocycles. The Morgan fingerprint density at radius 3 is 2.67 bits per heavy atom. The van der Waals surface area contributed by atoms with E-state index in [2.05, 4.69) is 20.5 Å². The number of tetrazole rings is 1. The molecule has 0 saturated heterocycles. The van der Waals surface area contributed by atoms with Gasteiger partial charge in [-0.2, -0.15) is 0 Å². The summed E-state index contributed by atoms with van der Waals surface area (Å²) in [5.41, 5.74) is 0.827. The van der Waals surface area contributed by atoms with Gasteiger partial charge in [-0.05, 0) is 28.6 Å². The Morgan fingerprint density at radius 2 is 2.00 bits per heavy atom. The highest BCUT2D eigenvalue weighted by atomic mass is 32.2. The van der Waals surface area contributed by atoms with Gasteiger partial charge in [-0.3, -0.25) is 0 Å². The van der Waals surface area contributed by atoms with Crippen LogP contribution < -0.4 is 0 Å². The molecule has 0 radical (unpaired) electrons. The lowest BCUT2D eigenvalue weighted by molar-refractivity contribution is 0.444. The summed E-state index contributed by atoms with van der Waals surface area (Å²) in [4.78, 5) is 4.62. The number of aromatic nitrogens is 5. The van der Waals surface area contributed by atoms with E-state index in [1.54, 1.807) is 17.7 Å². The van der Waals surface area contributed by atoms with E-state index in [1.165, 1.54) is 12.1 Å². The average molecular weight is 349 g/mol. The Hall–Kier alpha value is -2.29. The Labute approximate surface area is 139 Å². The first-order chi connectivity index (χ1) is 11.2. The van der Waals surface area contributed by atoms with E-state index in [1.807, 2.05) is 20.8 Å². The number of fused-ring (bicyclic) bond motifs is 1. The predicted molar refractivity (Wildman–Crippen MR) is 87.4 cm³/mol. The second kappa shape index (κ2) is 5.66. The molecule has 9 heteroatoms. The summed E-state index contributed by atoms with van der Waals surface area (Å²) in [5, 5.41) is 11.7. The normalized spacial score (nSPS) is 12.8. The lowest BCUT2D eigenvalue weighted by Gasteiger charge is -2.16. The van der Waals surface area contributed by atoms with E-state index in [-0.39, 0.29) is 22.6 Å². The highest BCUT2D eigenvalue weighted by molar-refractivity contribution is 7.91. The van der Waals surface area contributed by atoms with Crippen LogP contribution in [0.15, 0.2) is 27.5 Å². The minimum Gasteiger partial charge on any atom is -0.439 e. The van der Waals surface area contributed by atoms with Crippen LogP contribution in [0.4, 0.5) is 0 Å². The Bertz CT molecular complexity index is 982. The lowest BCUT2D eigenvalue weighted by atomic mass is 9.96. The van der Waals surface area contributed by atoms with Crippen LogP contribution in [0.5, 0.6) is 0 Å². The molecule has 128 valence electrons. The van der Waals surface area contributed by atoms with E-state index in [0.29, 0.717) is 17.0 Å². The number of hydrogen-bond donors (Lipinski definition) is 0. The Kier molecular flexibility index (Phi) is 3.90. The maximum absolute atomic E-state index is 12.0. The monoisotopic (exact) mass is 349 g/mol. The predicted octanol–water partition coefficient (Wildman–Crippen LogP) is 1.95. The fourth-order valence-corrected chi connectivity index (χ4v) is 3.26. The smallest absolute Gasteiger partial charge is 0.217 e. The molecule has 0 fully saturated rings. The number of rotatable bonds is 4. The fourth-order valence-electron chi connectivity index (χ4n) is 2.36. The summed E-state index contributed by atoms with van der Waals surface area (Å²) in [6.45, 7) is 7.94. The van der Waals surface area contributed by atoms with Crippen molar-refractivity contribution in [3.63, 3.8) is 0 Å².